The Labute approximate surface area is 200 Å². The Balaban J connectivity index is 2.01. The molecule has 1 N–H and O–H groups in total. The summed E-state index contributed by atoms with van der Waals surface area (Å²) in [5, 5.41) is 0. The zero-order valence-electron chi connectivity index (χ0n) is 20.3. The molecule has 9 heteroatoms. The molecule has 2 aromatic carbocycles. The fourth-order valence-electron chi connectivity index (χ4n) is 3.90. The number of nitrogens with zero attached hydrogens (tertiary/aromatic N) is 3. The zero-order valence-corrected chi connectivity index (χ0v) is 21.1. The molecule has 0 spiro atoms. The van der Waals surface area contributed by atoms with Crippen molar-refractivity contribution in [1.29, 1.82) is 0 Å². The van der Waals surface area contributed by atoms with Gasteiger partial charge in [-0.2, -0.15) is 0 Å². The maximum absolute atomic E-state index is 13.3. The lowest BCUT2D eigenvalue weighted by atomic mass is 10.1. The zero-order chi connectivity index (χ0) is 25.0. The molecule has 0 bridgehead atoms. The maximum atomic E-state index is 13.3. The van der Waals surface area contributed by atoms with Gasteiger partial charge in [-0.1, -0.05) is 38.1 Å². The Hall–Kier alpha value is -3.33. The third-order valence-electron chi connectivity index (χ3n) is 5.81. The second-order valence-electron chi connectivity index (χ2n) is 8.31. The van der Waals surface area contributed by atoms with Gasteiger partial charge in [-0.3, -0.25) is 19.0 Å². The molecule has 182 valence electrons. The first kappa shape index (κ1) is 25.3. The number of para-hydroxylation sites is 1. The van der Waals surface area contributed by atoms with Gasteiger partial charge in [0.25, 0.3) is 21.5 Å². The molecule has 3 aromatic rings. The highest BCUT2D eigenvalue weighted by Crippen LogP contribution is 2.22. The van der Waals surface area contributed by atoms with Crippen LogP contribution < -0.4 is 10.3 Å². The minimum Gasteiger partial charge on any atom is -0.339 e. The summed E-state index contributed by atoms with van der Waals surface area (Å²) in [6, 6.07) is 13.5. The Bertz CT molecular complexity index is 1340. The van der Waals surface area contributed by atoms with Crippen LogP contribution in [0.25, 0.3) is 5.69 Å². The van der Waals surface area contributed by atoms with E-state index in [-0.39, 0.29) is 16.5 Å². The summed E-state index contributed by atoms with van der Waals surface area (Å²) in [7, 11) is -2.42. The first-order valence-corrected chi connectivity index (χ1v) is 12.9. The SMILES string of the molecule is CCCN(CCC)C(=O)c1cc(S(=O)(=O)Nc2c(C)n(C)n(-c3ccccc3)c2=O)ccc1C. The van der Waals surface area contributed by atoms with Crippen LogP contribution in [0.3, 0.4) is 0 Å². The summed E-state index contributed by atoms with van der Waals surface area (Å²) in [5.74, 6) is -0.194. The van der Waals surface area contributed by atoms with Crippen LogP contribution >= 0.6 is 0 Å². The minimum absolute atomic E-state index is 0.0293. The molecule has 0 atom stereocenters. The van der Waals surface area contributed by atoms with Crippen molar-refractivity contribution in [3.05, 3.63) is 75.7 Å². The minimum atomic E-state index is -4.11. The fraction of sp³-hybridized carbons (Fsp3) is 0.360. The highest BCUT2D eigenvalue weighted by Gasteiger charge is 2.25. The van der Waals surface area contributed by atoms with Crippen LogP contribution in [0.5, 0.6) is 0 Å². The number of rotatable bonds is 9. The van der Waals surface area contributed by atoms with E-state index in [0.717, 1.165) is 12.8 Å². The van der Waals surface area contributed by atoms with E-state index in [1.54, 1.807) is 60.8 Å². The topological polar surface area (TPSA) is 93.4 Å². The molecule has 0 saturated heterocycles. The molecule has 1 aromatic heterocycles. The van der Waals surface area contributed by atoms with Crippen LogP contribution in [-0.4, -0.2) is 41.7 Å². The molecular formula is C25H32N4O4S. The van der Waals surface area contributed by atoms with Gasteiger partial charge >= 0.3 is 0 Å². The molecule has 34 heavy (non-hydrogen) atoms. The molecule has 3 rings (SSSR count). The molecule has 8 nitrogen and oxygen atoms in total. The van der Waals surface area contributed by atoms with Crippen LogP contribution in [0.1, 0.15) is 48.3 Å². The van der Waals surface area contributed by atoms with Crippen molar-refractivity contribution in [3.63, 3.8) is 0 Å². The number of carbonyl (C=O) groups excluding carboxylic acids is 1. The van der Waals surface area contributed by atoms with E-state index < -0.39 is 15.6 Å². The molecule has 0 fully saturated rings. The molecule has 0 aliphatic carbocycles. The number of aromatic nitrogens is 2. The standard InChI is InChI=1S/C25H32N4O4S/c1-6-15-28(16-7-2)24(30)22-17-21(14-13-18(22)3)34(32,33)26-23-19(4)27(5)29(25(23)31)20-11-9-8-10-12-20/h8-14,17,26H,6-7,15-16H2,1-5H3. The molecule has 1 amide bonds. The summed E-state index contributed by atoms with van der Waals surface area (Å²) in [4.78, 5) is 28.0. The first-order valence-electron chi connectivity index (χ1n) is 11.4. The van der Waals surface area contributed by atoms with Crippen LogP contribution in [0.4, 0.5) is 5.69 Å². The number of carbonyl (C=O) groups is 1. The van der Waals surface area contributed by atoms with Crippen LogP contribution in [-0.2, 0) is 17.1 Å². The lowest BCUT2D eigenvalue weighted by Gasteiger charge is -2.22. The van der Waals surface area contributed by atoms with E-state index in [9.17, 15) is 18.0 Å². The van der Waals surface area contributed by atoms with Crippen molar-refractivity contribution < 1.29 is 13.2 Å². The number of sulfonamides is 1. The normalized spacial score (nSPS) is 11.4. The van der Waals surface area contributed by atoms with Gasteiger partial charge in [0.1, 0.15) is 5.69 Å². The van der Waals surface area contributed by atoms with Gasteiger partial charge in [0.2, 0.25) is 0 Å². The Morgan fingerprint density at radius 1 is 1.00 bits per heavy atom. The monoisotopic (exact) mass is 484 g/mol. The summed E-state index contributed by atoms with van der Waals surface area (Å²) < 4.78 is 32.0. The number of benzene rings is 2. The molecule has 1 heterocycles. The van der Waals surface area contributed by atoms with Gasteiger partial charge < -0.3 is 4.90 Å². The highest BCUT2D eigenvalue weighted by atomic mass is 32.2. The lowest BCUT2D eigenvalue weighted by Crippen LogP contribution is -2.33. The molecule has 0 saturated carbocycles. The van der Waals surface area contributed by atoms with Crippen molar-refractivity contribution >= 4 is 21.6 Å². The summed E-state index contributed by atoms with van der Waals surface area (Å²) in [6.07, 6.45) is 1.62. The summed E-state index contributed by atoms with van der Waals surface area (Å²) in [5.41, 5.74) is 1.63. The van der Waals surface area contributed by atoms with Crippen molar-refractivity contribution in [2.24, 2.45) is 7.05 Å². The average molecular weight is 485 g/mol. The number of hydrogen-bond donors (Lipinski definition) is 1. The maximum Gasteiger partial charge on any atom is 0.296 e. The van der Waals surface area contributed by atoms with Crippen molar-refractivity contribution in [2.45, 2.75) is 45.4 Å². The first-order chi connectivity index (χ1) is 16.1. The van der Waals surface area contributed by atoms with Gasteiger partial charge in [-0.15, -0.1) is 0 Å². The lowest BCUT2D eigenvalue weighted by molar-refractivity contribution is 0.0754. The predicted molar refractivity (Wildman–Crippen MR) is 134 cm³/mol. The van der Waals surface area contributed by atoms with Gasteiger partial charge in [0, 0.05) is 25.7 Å². The van der Waals surface area contributed by atoms with E-state index in [1.165, 1.54) is 16.8 Å². The van der Waals surface area contributed by atoms with Crippen LogP contribution in [0, 0.1) is 13.8 Å². The Morgan fingerprint density at radius 3 is 2.21 bits per heavy atom. The average Bonchev–Trinajstić information content (AvgIpc) is 3.02. The second-order valence-corrected chi connectivity index (χ2v) is 9.99. The van der Waals surface area contributed by atoms with E-state index in [2.05, 4.69) is 4.72 Å². The fourth-order valence-corrected chi connectivity index (χ4v) is 5.04. The van der Waals surface area contributed by atoms with Crippen molar-refractivity contribution in [1.82, 2.24) is 14.3 Å². The number of amides is 1. The Kier molecular flexibility index (Phi) is 7.66. The van der Waals surface area contributed by atoms with Gasteiger partial charge in [-0.05, 0) is 56.5 Å². The largest absolute Gasteiger partial charge is 0.339 e. The number of nitrogens with one attached hydrogen (secondary N) is 1. The molecule has 0 unspecified atom stereocenters. The van der Waals surface area contributed by atoms with E-state index in [4.69, 9.17) is 0 Å². The summed E-state index contributed by atoms with van der Waals surface area (Å²) >= 11 is 0. The molecule has 0 aliphatic heterocycles. The molecular weight excluding hydrogens is 452 g/mol. The third kappa shape index (κ3) is 4.94. The van der Waals surface area contributed by atoms with Crippen molar-refractivity contribution in [2.75, 3.05) is 17.8 Å². The van der Waals surface area contributed by atoms with Gasteiger partial charge in [0.05, 0.1) is 16.3 Å². The third-order valence-corrected chi connectivity index (χ3v) is 7.16. The predicted octanol–water partition coefficient (Wildman–Crippen LogP) is 3.86. The molecule has 0 radical (unpaired) electrons. The van der Waals surface area contributed by atoms with Crippen LogP contribution in [0.2, 0.25) is 0 Å². The van der Waals surface area contributed by atoms with Gasteiger partial charge in [-0.25, -0.2) is 13.1 Å². The Morgan fingerprint density at radius 2 is 1.62 bits per heavy atom. The number of hydrogen-bond acceptors (Lipinski definition) is 4. The summed E-state index contributed by atoms with van der Waals surface area (Å²) in [6.45, 7) is 8.66. The smallest absolute Gasteiger partial charge is 0.296 e. The molecule has 0 aliphatic rings. The second kappa shape index (κ2) is 10.3. The number of aryl methyl sites for hydroxylation is 1. The van der Waals surface area contributed by atoms with Crippen molar-refractivity contribution in [3.8, 4) is 5.69 Å². The van der Waals surface area contributed by atoms with Gasteiger partial charge in [0.15, 0.2) is 0 Å². The van der Waals surface area contributed by atoms with E-state index in [0.29, 0.717) is 35.6 Å². The highest BCUT2D eigenvalue weighted by molar-refractivity contribution is 7.92. The number of anilines is 1. The van der Waals surface area contributed by atoms with E-state index in [1.807, 2.05) is 19.9 Å². The quantitative estimate of drug-likeness (QED) is 0.499. The van der Waals surface area contributed by atoms with E-state index >= 15 is 0 Å². The van der Waals surface area contributed by atoms with Crippen LogP contribution in [0.15, 0.2) is 58.2 Å².